The molecule has 16 nitrogen and oxygen atoms in total. The molecule has 0 fully saturated rings. The predicted octanol–water partition coefficient (Wildman–Crippen LogP) is 25.9. The number of aliphatic hydroxyl groups excluding tert-OH is 2. The van der Waals surface area contributed by atoms with Crippen molar-refractivity contribution in [1.29, 1.82) is 0 Å². The number of carbonyl (C=O) groups excluding carboxylic acids is 3. The fourth-order valence-electron chi connectivity index (χ4n) is 10.9. The summed E-state index contributed by atoms with van der Waals surface area (Å²) in [5, 5.41) is 20.7. The molecule has 18 heteroatoms. The lowest BCUT2D eigenvalue weighted by Gasteiger charge is -2.21. The Morgan fingerprint density at radius 3 is 0.757 bits per heavy atom. The molecule has 0 heterocycles. The van der Waals surface area contributed by atoms with Gasteiger partial charge in [0, 0.05) is 19.3 Å². The Hall–Kier alpha value is -5.61. The Kier molecular flexibility index (Phi) is 79.6. The van der Waals surface area contributed by atoms with E-state index >= 15 is 0 Å². The van der Waals surface area contributed by atoms with Gasteiger partial charge in [0.25, 0.3) is 0 Å². The third-order valence-electron chi connectivity index (χ3n) is 17.3. The van der Waals surface area contributed by atoms with Crippen molar-refractivity contribution in [2.45, 2.75) is 334 Å². The Bertz CT molecular complexity index is 2800. The van der Waals surface area contributed by atoms with Crippen molar-refractivity contribution in [3.8, 4) is 0 Å². The number of allylic oxidation sites excluding steroid dienone is 32. The van der Waals surface area contributed by atoms with Gasteiger partial charge in [0.05, 0.1) is 26.4 Å². The summed E-state index contributed by atoms with van der Waals surface area (Å²) in [6, 6.07) is 0. The minimum Gasteiger partial charge on any atom is -0.463 e. The SMILES string of the molecule is CC/C=C\C/C=C\C/C=C\C/C=C\C/C=C\C/C=C\CCCCCCCCCCCCCCC(=O)OCC(O)COP(=O)(O)OCC(O)COP(=O)(O)OCC(COC(=O)CCCCCC/C=C\C/C=C\C/C=C\C/C=C\C/C=C\C/C=C\CC)OC(=O)CCCCCCC/C=C\C/C=C\C/C=C\C/C=C\CCCCC. The predicted molar refractivity (Wildman–Crippen MR) is 463 cm³/mol. The second-order valence-electron chi connectivity index (χ2n) is 27.9. The van der Waals surface area contributed by atoms with Crippen LogP contribution in [0.3, 0.4) is 0 Å². The van der Waals surface area contributed by atoms with E-state index in [0.717, 1.165) is 186 Å². The zero-order valence-electron chi connectivity index (χ0n) is 69.1. The van der Waals surface area contributed by atoms with E-state index in [1.807, 2.05) is 0 Å². The van der Waals surface area contributed by atoms with Crippen molar-refractivity contribution in [2.75, 3.05) is 39.6 Å². The molecule has 0 radical (unpaired) electrons. The first-order valence-corrected chi connectivity index (χ1v) is 45.7. The van der Waals surface area contributed by atoms with E-state index in [2.05, 4.69) is 215 Å². The molecule has 0 bridgehead atoms. The third-order valence-corrected chi connectivity index (χ3v) is 19.2. The summed E-state index contributed by atoms with van der Waals surface area (Å²) in [7, 11) is -9.83. The minimum absolute atomic E-state index is 0.0702. The quantitative estimate of drug-likeness (QED) is 0.0146. The first-order chi connectivity index (χ1) is 54.2. The van der Waals surface area contributed by atoms with Gasteiger partial charge in [-0.3, -0.25) is 32.5 Å². The standard InChI is InChI=1S/C93H152O16P2/c1-4-7-10-13-16-19-22-25-28-31-34-37-39-40-41-42-43-44-45-46-48-51-52-55-58-61-64-67-70-73-76-79-91(96)103-82-88(94)83-105-110(99,100)106-84-89(95)85-107-111(101,102)108-87-90(109-93(98)81-78-75-72-69-66-63-60-57-54-49-36-33-30-27-24-21-18-15-12-9-6-3)86-104-92(97)80-77-74-71-68-65-62-59-56-53-50-47-38-35-32-29-26-23-20-17-14-11-8-5-2/h7-8,10-11,16-21,25-30,34-38,40-41,43-44,49-50,53,57,59-60,62,88-90,94-95H,4-6,9,12-15,22-24,31-33,39,42,45-48,51-52,54-56,58,61,63-87H2,1-3H3,(H,99,100)(H,101,102)/b10-7-,11-8-,19-16-,20-17-,21-18-,28-25-,29-26-,30-27-,37-34-,38-35-,41-40-,44-43-,49-36-,53-50-,60-57-,62-59-. The number of esters is 3. The Morgan fingerprint density at radius 2 is 0.477 bits per heavy atom. The van der Waals surface area contributed by atoms with Gasteiger partial charge in [-0.15, -0.1) is 0 Å². The lowest BCUT2D eigenvalue weighted by molar-refractivity contribution is -0.161. The zero-order chi connectivity index (χ0) is 80.8. The average Bonchev–Trinajstić information content (AvgIpc) is 0.900. The molecule has 0 aliphatic rings. The van der Waals surface area contributed by atoms with Crippen LogP contribution in [0.1, 0.15) is 316 Å². The molecular formula is C93H152O16P2. The normalized spacial score (nSPS) is 14.8. The van der Waals surface area contributed by atoms with Gasteiger partial charge < -0.3 is 34.2 Å². The molecule has 0 aliphatic heterocycles. The Balaban J connectivity index is 4.66. The van der Waals surface area contributed by atoms with E-state index in [4.69, 9.17) is 32.3 Å². The van der Waals surface area contributed by atoms with Crippen molar-refractivity contribution in [3.63, 3.8) is 0 Å². The third kappa shape index (κ3) is 85.1. The molecule has 5 atom stereocenters. The number of phosphoric acid groups is 2. The highest BCUT2D eigenvalue weighted by Gasteiger charge is 2.29. The number of aliphatic hydroxyl groups is 2. The molecule has 0 aromatic carbocycles. The van der Waals surface area contributed by atoms with E-state index in [-0.39, 0.29) is 19.3 Å². The second kappa shape index (κ2) is 83.8. The number of unbranched alkanes of at least 4 members (excludes halogenated alkanes) is 24. The number of carbonyl (C=O) groups is 3. The maximum Gasteiger partial charge on any atom is 0.472 e. The van der Waals surface area contributed by atoms with Crippen LogP contribution in [0.2, 0.25) is 0 Å². The van der Waals surface area contributed by atoms with Crippen LogP contribution in [0.15, 0.2) is 194 Å². The monoisotopic (exact) mass is 1590 g/mol. The summed E-state index contributed by atoms with van der Waals surface area (Å²) in [6.45, 7) is 2.37. The van der Waals surface area contributed by atoms with Crippen LogP contribution in [-0.2, 0) is 55.8 Å². The van der Waals surface area contributed by atoms with Gasteiger partial charge in [0.2, 0.25) is 0 Å². The van der Waals surface area contributed by atoms with E-state index in [9.17, 15) is 43.5 Å². The summed E-state index contributed by atoms with van der Waals surface area (Å²) in [5.41, 5.74) is 0. The van der Waals surface area contributed by atoms with E-state index < -0.39 is 91.5 Å². The molecule has 0 rings (SSSR count). The van der Waals surface area contributed by atoms with Gasteiger partial charge in [-0.25, -0.2) is 9.13 Å². The summed E-state index contributed by atoms with van der Waals surface area (Å²) < 4.78 is 61.3. The van der Waals surface area contributed by atoms with Gasteiger partial charge in [0.1, 0.15) is 25.4 Å². The van der Waals surface area contributed by atoms with Crippen LogP contribution in [0.5, 0.6) is 0 Å². The Morgan fingerprint density at radius 1 is 0.261 bits per heavy atom. The largest absolute Gasteiger partial charge is 0.472 e. The number of hydrogen-bond acceptors (Lipinski definition) is 14. The number of hydrogen-bond donors (Lipinski definition) is 4. The first kappa shape index (κ1) is 105. The molecule has 0 aromatic heterocycles. The second-order valence-corrected chi connectivity index (χ2v) is 30.8. The summed E-state index contributed by atoms with van der Waals surface area (Å²) in [5.74, 6) is -1.63. The van der Waals surface area contributed by atoms with E-state index in [0.29, 0.717) is 19.3 Å². The summed E-state index contributed by atoms with van der Waals surface area (Å²) in [6.07, 6.45) is 110. The molecule has 111 heavy (non-hydrogen) atoms. The summed E-state index contributed by atoms with van der Waals surface area (Å²) >= 11 is 0. The molecule has 630 valence electrons. The fourth-order valence-corrected chi connectivity index (χ4v) is 12.4. The molecule has 4 N–H and O–H groups in total. The van der Waals surface area contributed by atoms with Crippen molar-refractivity contribution >= 4 is 33.6 Å². The summed E-state index contributed by atoms with van der Waals surface area (Å²) in [4.78, 5) is 58.9. The number of rotatable bonds is 79. The van der Waals surface area contributed by atoms with Crippen LogP contribution in [0, 0.1) is 0 Å². The molecule has 0 amide bonds. The van der Waals surface area contributed by atoms with Gasteiger partial charge >= 0.3 is 33.6 Å². The molecule has 0 aliphatic carbocycles. The number of phosphoric ester groups is 2. The molecule has 0 saturated heterocycles. The van der Waals surface area contributed by atoms with Gasteiger partial charge in [-0.1, -0.05) is 324 Å². The van der Waals surface area contributed by atoms with Crippen molar-refractivity contribution in [3.05, 3.63) is 194 Å². The minimum atomic E-state index is -4.96. The average molecular weight is 1590 g/mol. The molecular weight excluding hydrogens is 1430 g/mol. The van der Waals surface area contributed by atoms with Crippen molar-refractivity contribution in [2.24, 2.45) is 0 Å². The maximum absolute atomic E-state index is 13.0. The highest BCUT2D eigenvalue weighted by molar-refractivity contribution is 7.47. The van der Waals surface area contributed by atoms with Crippen molar-refractivity contribution < 1.29 is 75.8 Å². The lowest BCUT2D eigenvalue weighted by Crippen LogP contribution is -2.30. The maximum atomic E-state index is 13.0. The molecule has 0 saturated carbocycles. The molecule has 5 unspecified atom stereocenters. The molecule has 0 aromatic rings. The lowest BCUT2D eigenvalue weighted by atomic mass is 10.0. The zero-order valence-corrected chi connectivity index (χ0v) is 70.8. The molecule has 0 spiro atoms. The first-order valence-electron chi connectivity index (χ1n) is 42.7. The van der Waals surface area contributed by atoms with Gasteiger partial charge in [0.15, 0.2) is 6.10 Å². The Labute approximate surface area is 674 Å². The van der Waals surface area contributed by atoms with Gasteiger partial charge in [-0.2, -0.15) is 0 Å². The fraction of sp³-hybridized carbons (Fsp3) is 0.624. The van der Waals surface area contributed by atoms with Crippen LogP contribution in [0.4, 0.5) is 0 Å². The smallest absolute Gasteiger partial charge is 0.463 e. The highest BCUT2D eigenvalue weighted by atomic mass is 31.2. The topological polar surface area (TPSA) is 231 Å². The van der Waals surface area contributed by atoms with Crippen LogP contribution in [-0.4, -0.2) is 95.9 Å². The van der Waals surface area contributed by atoms with Crippen LogP contribution >= 0.6 is 15.6 Å². The van der Waals surface area contributed by atoms with E-state index in [1.54, 1.807) is 0 Å². The van der Waals surface area contributed by atoms with Crippen molar-refractivity contribution in [1.82, 2.24) is 0 Å². The number of ether oxygens (including phenoxy) is 3. The van der Waals surface area contributed by atoms with Crippen LogP contribution < -0.4 is 0 Å². The van der Waals surface area contributed by atoms with Crippen LogP contribution in [0.25, 0.3) is 0 Å². The van der Waals surface area contributed by atoms with E-state index in [1.165, 1.54) is 70.6 Å². The van der Waals surface area contributed by atoms with Gasteiger partial charge in [-0.05, 0) is 167 Å². The highest BCUT2D eigenvalue weighted by Crippen LogP contribution is 2.45.